The van der Waals surface area contributed by atoms with Crippen LogP contribution < -0.4 is 5.56 Å². The number of fused-ring (bicyclic) bond motifs is 1. The van der Waals surface area contributed by atoms with Gasteiger partial charge in [0, 0.05) is 6.20 Å². The average molecular weight is 304 g/mol. The summed E-state index contributed by atoms with van der Waals surface area (Å²) in [7, 11) is 1.01. The maximum absolute atomic E-state index is 14.1. The quantitative estimate of drug-likeness (QED) is 0.647. The van der Waals surface area contributed by atoms with Crippen LogP contribution in [0.2, 0.25) is 0 Å². The number of aryl methyl sites for hydroxylation is 1. The molecule has 0 aromatic carbocycles. The Bertz CT molecular complexity index is 796. The molecule has 2 aromatic heterocycles. The first-order chi connectivity index (χ1) is 9.68. The lowest BCUT2D eigenvalue weighted by Gasteiger charge is -2.12. The lowest BCUT2D eigenvalue weighted by atomic mass is 10.1. The zero-order chi connectivity index (χ0) is 15.9. The molecule has 0 bridgehead atoms. The molecule has 5 nitrogen and oxygen atoms in total. The summed E-state index contributed by atoms with van der Waals surface area (Å²) < 4.78 is 56.8. The minimum absolute atomic E-state index is 0.382. The van der Waals surface area contributed by atoms with Gasteiger partial charge in [-0.15, -0.1) is 0 Å². The van der Waals surface area contributed by atoms with E-state index in [0.29, 0.717) is 0 Å². The second-order valence-corrected chi connectivity index (χ2v) is 4.15. The van der Waals surface area contributed by atoms with Crippen molar-refractivity contribution in [1.29, 1.82) is 0 Å². The highest BCUT2D eigenvalue weighted by molar-refractivity contribution is 5.93. The zero-order valence-electron chi connectivity index (χ0n) is 10.8. The monoisotopic (exact) mass is 304 g/mol. The van der Waals surface area contributed by atoms with Crippen molar-refractivity contribution in [2.45, 2.75) is 13.1 Å². The summed E-state index contributed by atoms with van der Waals surface area (Å²) in [4.78, 5) is 28.2. The topological polar surface area (TPSA) is 72.0 Å². The normalized spacial score (nSPS) is 11.7. The van der Waals surface area contributed by atoms with Crippen LogP contribution in [0.3, 0.4) is 0 Å². The summed E-state index contributed by atoms with van der Waals surface area (Å²) >= 11 is 0. The molecule has 0 amide bonds. The van der Waals surface area contributed by atoms with Gasteiger partial charge in [-0.25, -0.2) is 9.18 Å². The molecule has 0 radical (unpaired) electrons. The third-order valence-corrected chi connectivity index (χ3v) is 2.90. The number of esters is 1. The third-order valence-electron chi connectivity index (χ3n) is 2.90. The number of pyridine rings is 2. The fourth-order valence-corrected chi connectivity index (χ4v) is 1.95. The van der Waals surface area contributed by atoms with Crippen LogP contribution >= 0.6 is 0 Å². The maximum Gasteiger partial charge on any atom is 0.422 e. The molecule has 2 rings (SSSR count). The van der Waals surface area contributed by atoms with Gasteiger partial charge >= 0.3 is 12.1 Å². The van der Waals surface area contributed by atoms with E-state index in [1.54, 1.807) is 4.98 Å². The molecule has 0 saturated heterocycles. The first kappa shape index (κ1) is 14.9. The number of nitrogens with one attached hydrogen (secondary N) is 1. The van der Waals surface area contributed by atoms with E-state index in [0.717, 1.165) is 20.2 Å². The van der Waals surface area contributed by atoms with Crippen molar-refractivity contribution in [3.05, 3.63) is 39.1 Å². The number of halogens is 4. The van der Waals surface area contributed by atoms with Gasteiger partial charge < -0.3 is 9.72 Å². The number of aromatic nitrogens is 2. The van der Waals surface area contributed by atoms with Crippen molar-refractivity contribution in [1.82, 2.24) is 9.97 Å². The average Bonchev–Trinajstić information content (AvgIpc) is 2.37. The van der Waals surface area contributed by atoms with Gasteiger partial charge in [-0.3, -0.25) is 9.78 Å². The Morgan fingerprint density at radius 2 is 2.00 bits per heavy atom. The Morgan fingerprint density at radius 1 is 1.38 bits per heavy atom. The molecule has 0 aliphatic heterocycles. The molecule has 21 heavy (non-hydrogen) atoms. The predicted octanol–water partition coefficient (Wildman–Crippen LogP) is 2.18. The lowest BCUT2D eigenvalue weighted by Crippen LogP contribution is -2.24. The molecular weight excluding hydrogens is 296 g/mol. The van der Waals surface area contributed by atoms with Crippen LogP contribution in [-0.2, 0) is 10.9 Å². The number of ether oxygens (including phenoxy) is 1. The molecule has 0 fully saturated rings. The van der Waals surface area contributed by atoms with Gasteiger partial charge in [-0.05, 0) is 12.5 Å². The van der Waals surface area contributed by atoms with Gasteiger partial charge in [0.25, 0.3) is 5.56 Å². The van der Waals surface area contributed by atoms with Gasteiger partial charge in [0.2, 0.25) is 0 Å². The van der Waals surface area contributed by atoms with E-state index in [1.165, 1.54) is 0 Å². The Morgan fingerprint density at radius 3 is 2.52 bits per heavy atom. The van der Waals surface area contributed by atoms with Crippen LogP contribution in [0.25, 0.3) is 11.0 Å². The van der Waals surface area contributed by atoms with E-state index in [-0.39, 0.29) is 5.52 Å². The Kier molecular flexibility index (Phi) is 3.44. The molecule has 9 heteroatoms. The smallest absolute Gasteiger partial charge is 0.422 e. The first-order valence-electron chi connectivity index (χ1n) is 5.55. The number of aromatic amines is 1. The van der Waals surface area contributed by atoms with Crippen LogP contribution in [0.5, 0.6) is 0 Å². The molecule has 0 atom stereocenters. The highest BCUT2D eigenvalue weighted by Gasteiger charge is 2.37. The fraction of sp³-hybridized carbons (Fsp3) is 0.250. The van der Waals surface area contributed by atoms with Crippen molar-refractivity contribution >= 4 is 17.0 Å². The van der Waals surface area contributed by atoms with Crippen LogP contribution in [-0.4, -0.2) is 23.0 Å². The molecule has 0 aliphatic rings. The van der Waals surface area contributed by atoms with Gasteiger partial charge in [0.15, 0.2) is 5.82 Å². The Labute approximate surface area is 114 Å². The van der Waals surface area contributed by atoms with Crippen LogP contribution in [0.1, 0.15) is 21.5 Å². The Balaban J connectivity index is 2.88. The number of hydrogen-bond acceptors (Lipinski definition) is 4. The highest BCUT2D eigenvalue weighted by Crippen LogP contribution is 2.31. The molecule has 1 N–H and O–H groups in total. The molecular formula is C12H8F4N2O3. The number of hydrogen-bond donors (Lipinski definition) is 1. The highest BCUT2D eigenvalue weighted by atomic mass is 19.4. The second-order valence-electron chi connectivity index (χ2n) is 4.15. The largest absolute Gasteiger partial charge is 0.465 e. The fourth-order valence-electron chi connectivity index (χ4n) is 1.95. The van der Waals surface area contributed by atoms with Crippen molar-refractivity contribution in [3.8, 4) is 0 Å². The van der Waals surface area contributed by atoms with E-state index in [1.807, 2.05) is 0 Å². The number of carbonyl (C=O) groups is 1. The standard InChI is InChI=1S/C12H8F4N2O3/c1-4-6(12(14,15)16)10(19)18-9-7(13)5(11(20)21-2)3-17-8(4)9/h3H,1-2H3,(H,18,19). The summed E-state index contributed by atoms with van der Waals surface area (Å²) in [6, 6.07) is 0. The minimum atomic E-state index is -4.90. The number of methoxy groups -OCH3 is 1. The maximum atomic E-state index is 14.1. The van der Waals surface area contributed by atoms with E-state index >= 15 is 0 Å². The summed E-state index contributed by atoms with van der Waals surface area (Å²) in [5.41, 5.74) is -5.01. The van der Waals surface area contributed by atoms with Crippen LogP contribution in [0.4, 0.5) is 17.6 Å². The van der Waals surface area contributed by atoms with Crippen molar-refractivity contribution in [3.63, 3.8) is 0 Å². The molecule has 112 valence electrons. The number of carbonyl (C=O) groups excluding carboxylic acids is 1. The van der Waals surface area contributed by atoms with Gasteiger partial charge in [-0.1, -0.05) is 0 Å². The molecule has 0 aliphatic carbocycles. The van der Waals surface area contributed by atoms with Gasteiger partial charge in [0.1, 0.15) is 16.6 Å². The predicted molar refractivity (Wildman–Crippen MR) is 63.4 cm³/mol. The minimum Gasteiger partial charge on any atom is -0.465 e. The molecule has 2 heterocycles. The summed E-state index contributed by atoms with van der Waals surface area (Å²) in [5, 5.41) is 0. The first-order valence-corrected chi connectivity index (χ1v) is 5.55. The van der Waals surface area contributed by atoms with E-state index < -0.39 is 45.7 Å². The molecule has 0 saturated carbocycles. The second kappa shape index (κ2) is 4.83. The third kappa shape index (κ3) is 2.34. The number of alkyl halides is 3. The van der Waals surface area contributed by atoms with Gasteiger partial charge in [-0.2, -0.15) is 13.2 Å². The molecule has 0 spiro atoms. The number of rotatable bonds is 1. The van der Waals surface area contributed by atoms with Crippen molar-refractivity contribution in [2.75, 3.05) is 7.11 Å². The van der Waals surface area contributed by atoms with Crippen LogP contribution in [0, 0.1) is 12.7 Å². The van der Waals surface area contributed by atoms with Crippen molar-refractivity contribution in [2.24, 2.45) is 0 Å². The van der Waals surface area contributed by atoms with E-state index in [4.69, 9.17) is 0 Å². The SMILES string of the molecule is COC(=O)c1cnc2c(C)c(C(F)(F)F)c(=O)[nH]c2c1F. The summed E-state index contributed by atoms with van der Waals surface area (Å²) in [5.74, 6) is -2.25. The molecule has 0 unspecified atom stereocenters. The van der Waals surface area contributed by atoms with Crippen LogP contribution in [0.15, 0.2) is 11.0 Å². The summed E-state index contributed by atoms with van der Waals surface area (Å²) in [6.07, 6.45) is -4.14. The summed E-state index contributed by atoms with van der Waals surface area (Å²) in [6.45, 7) is 1.00. The lowest BCUT2D eigenvalue weighted by molar-refractivity contribution is -0.139. The van der Waals surface area contributed by atoms with Gasteiger partial charge in [0.05, 0.1) is 12.6 Å². The number of nitrogens with zero attached hydrogens (tertiary/aromatic N) is 1. The van der Waals surface area contributed by atoms with Crippen molar-refractivity contribution < 1.29 is 27.1 Å². The Hall–Kier alpha value is -2.45. The van der Waals surface area contributed by atoms with E-state index in [2.05, 4.69) is 9.72 Å². The van der Waals surface area contributed by atoms with E-state index in [9.17, 15) is 27.2 Å². The number of H-pyrrole nitrogens is 1. The zero-order valence-corrected chi connectivity index (χ0v) is 10.8. The molecule has 2 aromatic rings.